The summed E-state index contributed by atoms with van der Waals surface area (Å²) < 4.78 is 13.9. The van der Waals surface area contributed by atoms with E-state index in [9.17, 15) is 4.39 Å². The molecule has 1 aromatic heterocycles. The molecule has 0 unspecified atom stereocenters. The largest absolute Gasteiger partial charge is 0.365 e. The molecule has 2 rings (SSSR count). The van der Waals surface area contributed by atoms with E-state index >= 15 is 0 Å². The van der Waals surface area contributed by atoms with Crippen molar-refractivity contribution in [2.45, 2.75) is 26.9 Å². The Bertz CT molecular complexity index is 565. The van der Waals surface area contributed by atoms with E-state index in [1.54, 1.807) is 6.07 Å². The molecular formula is C16H21FN2S. The highest BCUT2D eigenvalue weighted by molar-refractivity contribution is 7.12. The van der Waals surface area contributed by atoms with Crippen LogP contribution >= 0.6 is 11.3 Å². The van der Waals surface area contributed by atoms with Crippen molar-refractivity contribution in [2.75, 3.05) is 18.5 Å². The topological polar surface area (TPSA) is 15.3 Å². The van der Waals surface area contributed by atoms with E-state index < -0.39 is 0 Å². The normalized spacial score (nSPS) is 10.8. The maximum absolute atomic E-state index is 13.9. The predicted molar refractivity (Wildman–Crippen MR) is 84.9 cm³/mol. The molecular weight excluding hydrogens is 271 g/mol. The highest BCUT2D eigenvalue weighted by Gasteiger charge is 2.13. The van der Waals surface area contributed by atoms with Gasteiger partial charge in [-0.15, -0.1) is 11.3 Å². The molecule has 0 saturated carbocycles. The molecule has 1 N–H and O–H groups in total. The van der Waals surface area contributed by atoms with Crippen molar-refractivity contribution in [3.8, 4) is 0 Å². The number of thiophene rings is 1. The highest BCUT2D eigenvalue weighted by Crippen LogP contribution is 2.26. The van der Waals surface area contributed by atoms with Crippen LogP contribution in [0.4, 0.5) is 10.1 Å². The zero-order valence-corrected chi connectivity index (χ0v) is 13.1. The molecule has 0 spiro atoms. The molecule has 0 aliphatic heterocycles. The highest BCUT2D eigenvalue weighted by atomic mass is 32.1. The number of aryl methyl sites for hydroxylation is 1. The van der Waals surface area contributed by atoms with Crippen molar-refractivity contribution in [2.24, 2.45) is 0 Å². The van der Waals surface area contributed by atoms with Crippen LogP contribution in [0, 0.1) is 12.7 Å². The molecule has 0 atom stereocenters. The van der Waals surface area contributed by atoms with E-state index in [2.05, 4.69) is 30.1 Å². The Morgan fingerprint density at radius 3 is 2.70 bits per heavy atom. The molecule has 1 aromatic carbocycles. The molecule has 4 heteroatoms. The minimum Gasteiger partial charge on any atom is -0.365 e. The molecule has 0 saturated heterocycles. The Labute approximate surface area is 124 Å². The summed E-state index contributed by atoms with van der Waals surface area (Å²) in [5.41, 5.74) is 1.96. The third kappa shape index (κ3) is 3.38. The quantitative estimate of drug-likeness (QED) is 0.867. The molecule has 0 radical (unpaired) electrons. The van der Waals surface area contributed by atoms with E-state index in [1.807, 2.05) is 30.5 Å². The van der Waals surface area contributed by atoms with Crippen LogP contribution < -0.4 is 10.2 Å². The molecule has 2 nitrogen and oxygen atoms in total. The number of halogens is 1. The summed E-state index contributed by atoms with van der Waals surface area (Å²) >= 11 is 1.81. The Balaban J connectivity index is 2.20. The average molecular weight is 292 g/mol. The van der Waals surface area contributed by atoms with Gasteiger partial charge in [-0.25, -0.2) is 4.39 Å². The zero-order valence-electron chi connectivity index (χ0n) is 12.2. The monoisotopic (exact) mass is 292 g/mol. The van der Waals surface area contributed by atoms with Gasteiger partial charge in [0.05, 0.1) is 5.69 Å². The number of hydrogen-bond acceptors (Lipinski definition) is 3. The molecule has 0 aliphatic carbocycles. The summed E-state index contributed by atoms with van der Waals surface area (Å²) in [7, 11) is 1.95. The van der Waals surface area contributed by atoms with Crippen LogP contribution in [0.1, 0.15) is 22.2 Å². The SMILES string of the molecule is CCN(Cc1cc(CNC)sc1C)c1ccccc1F. The average Bonchev–Trinajstić information content (AvgIpc) is 2.77. The Morgan fingerprint density at radius 1 is 1.30 bits per heavy atom. The van der Waals surface area contributed by atoms with Gasteiger partial charge >= 0.3 is 0 Å². The summed E-state index contributed by atoms with van der Waals surface area (Å²) in [6.07, 6.45) is 0. The van der Waals surface area contributed by atoms with Gasteiger partial charge in [0, 0.05) is 29.4 Å². The van der Waals surface area contributed by atoms with Crippen LogP contribution in [0.15, 0.2) is 30.3 Å². The number of hydrogen-bond donors (Lipinski definition) is 1. The number of nitrogens with zero attached hydrogens (tertiary/aromatic N) is 1. The lowest BCUT2D eigenvalue weighted by Crippen LogP contribution is -2.23. The van der Waals surface area contributed by atoms with Gasteiger partial charge in [0.15, 0.2) is 0 Å². The fourth-order valence-corrected chi connectivity index (χ4v) is 3.35. The number of benzene rings is 1. The van der Waals surface area contributed by atoms with E-state index in [1.165, 1.54) is 21.4 Å². The maximum Gasteiger partial charge on any atom is 0.146 e. The number of anilines is 1. The van der Waals surface area contributed by atoms with E-state index in [0.717, 1.165) is 19.6 Å². The molecule has 0 aliphatic rings. The summed E-state index contributed by atoms with van der Waals surface area (Å²) in [6.45, 7) is 6.62. The Kier molecular flexibility index (Phi) is 5.15. The van der Waals surface area contributed by atoms with Crippen LogP contribution in [0.2, 0.25) is 0 Å². The number of rotatable bonds is 6. The predicted octanol–water partition coefficient (Wildman–Crippen LogP) is 3.94. The van der Waals surface area contributed by atoms with Gasteiger partial charge in [0.25, 0.3) is 0 Å². The lowest BCUT2D eigenvalue weighted by Gasteiger charge is -2.23. The molecule has 0 amide bonds. The van der Waals surface area contributed by atoms with Gasteiger partial charge in [-0.05, 0) is 44.7 Å². The number of para-hydroxylation sites is 1. The minimum atomic E-state index is -0.155. The van der Waals surface area contributed by atoms with Crippen molar-refractivity contribution in [1.82, 2.24) is 5.32 Å². The van der Waals surface area contributed by atoms with Crippen LogP contribution in [-0.2, 0) is 13.1 Å². The standard InChI is InChI=1S/C16H21FN2S/c1-4-19(16-8-6-5-7-15(16)17)11-13-9-14(10-18-3)20-12(13)2/h5-9,18H,4,10-11H2,1-3H3. The Morgan fingerprint density at radius 2 is 2.05 bits per heavy atom. The molecule has 0 bridgehead atoms. The molecule has 1 heterocycles. The summed E-state index contributed by atoms with van der Waals surface area (Å²) in [5, 5.41) is 3.17. The van der Waals surface area contributed by atoms with Gasteiger partial charge in [-0.2, -0.15) is 0 Å². The maximum atomic E-state index is 13.9. The van der Waals surface area contributed by atoms with Gasteiger partial charge in [0.2, 0.25) is 0 Å². The first-order chi connectivity index (χ1) is 9.65. The minimum absolute atomic E-state index is 0.155. The second-order valence-electron chi connectivity index (χ2n) is 4.79. The van der Waals surface area contributed by atoms with E-state index in [0.29, 0.717) is 5.69 Å². The fourth-order valence-electron chi connectivity index (χ4n) is 2.29. The second kappa shape index (κ2) is 6.86. The van der Waals surface area contributed by atoms with Crippen LogP contribution in [0.5, 0.6) is 0 Å². The lowest BCUT2D eigenvalue weighted by atomic mass is 10.2. The van der Waals surface area contributed by atoms with Crippen molar-refractivity contribution in [3.63, 3.8) is 0 Å². The van der Waals surface area contributed by atoms with Gasteiger partial charge in [-0.3, -0.25) is 0 Å². The third-order valence-electron chi connectivity index (χ3n) is 3.36. The van der Waals surface area contributed by atoms with Crippen molar-refractivity contribution < 1.29 is 4.39 Å². The van der Waals surface area contributed by atoms with Crippen LogP contribution in [0.3, 0.4) is 0 Å². The molecule has 0 fully saturated rings. The Hall–Kier alpha value is -1.39. The van der Waals surface area contributed by atoms with Crippen molar-refractivity contribution in [3.05, 3.63) is 51.5 Å². The molecule has 2 aromatic rings. The lowest BCUT2D eigenvalue weighted by molar-refractivity contribution is 0.618. The van der Waals surface area contributed by atoms with Gasteiger partial charge in [-0.1, -0.05) is 12.1 Å². The second-order valence-corrected chi connectivity index (χ2v) is 6.13. The van der Waals surface area contributed by atoms with Gasteiger partial charge in [0.1, 0.15) is 5.82 Å². The fraction of sp³-hybridized carbons (Fsp3) is 0.375. The smallest absolute Gasteiger partial charge is 0.146 e. The zero-order chi connectivity index (χ0) is 14.5. The summed E-state index contributed by atoms with van der Waals surface area (Å²) in [6, 6.07) is 9.20. The van der Waals surface area contributed by atoms with E-state index in [-0.39, 0.29) is 5.82 Å². The van der Waals surface area contributed by atoms with E-state index in [4.69, 9.17) is 0 Å². The molecule has 20 heavy (non-hydrogen) atoms. The van der Waals surface area contributed by atoms with Crippen LogP contribution in [0.25, 0.3) is 0 Å². The van der Waals surface area contributed by atoms with Crippen molar-refractivity contribution >= 4 is 17.0 Å². The first-order valence-corrected chi connectivity index (χ1v) is 7.69. The third-order valence-corrected chi connectivity index (χ3v) is 4.45. The summed E-state index contributed by atoms with van der Waals surface area (Å²) in [5.74, 6) is -0.155. The van der Waals surface area contributed by atoms with Crippen molar-refractivity contribution in [1.29, 1.82) is 0 Å². The first kappa shape index (κ1) is 15.0. The number of nitrogens with one attached hydrogen (secondary N) is 1. The van der Waals surface area contributed by atoms with Crippen LogP contribution in [-0.4, -0.2) is 13.6 Å². The van der Waals surface area contributed by atoms with Gasteiger partial charge < -0.3 is 10.2 Å². The first-order valence-electron chi connectivity index (χ1n) is 6.88. The summed E-state index contributed by atoms with van der Waals surface area (Å²) in [4.78, 5) is 4.71. The molecule has 108 valence electrons.